The first kappa shape index (κ1) is 14.5. The number of rotatable bonds is 4. The lowest BCUT2D eigenvalue weighted by atomic mass is 10.2. The fourth-order valence-electron chi connectivity index (χ4n) is 1.75. The van der Waals surface area contributed by atoms with Crippen LogP contribution in [-0.2, 0) is 5.75 Å². The van der Waals surface area contributed by atoms with Gasteiger partial charge in [-0.05, 0) is 5.56 Å². The van der Waals surface area contributed by atoms with E-state index in [1.165, 1.54) is 11.8 Å². The summed E-state index contributed by atoms with van der Waals surface area (Å²) in [6.07, 6.45) is 0. The van der Waals surface area contributed by atoms with Crippen molar-refractivity contribution in [2.24, 2.45) is 0 Å². The van der Waals surface area contributed by atoms with E-state index in [2.05, 4.69) is 10.1 Å². The number of thioether (sulfide) groups is 1. The summed E-state index contributed by atoms with van der Waals surface area (Å²) in [7, 11) is 0. The van der Waals surface area contributed by atoms with E-state index in [9.17, 15) is 20.0 Å². The summed E-state index contributed by atoms with van der Waals surface area (Å²) in [6, 6.07) is 9.68. The van der Waals surface area contributed by atoms with Crippen molar-refractivity contribution in [3.8, 4) is 5.88 Å². The highest BCUT2D eigenvalue weighted by Gasteiger charge is 2.25. The van der Waals surface area contributed by atoms with Crippen LogP contribution in [0.4, 0.5) is 5.69 Å². The molecule has 3 aromatic rings. The van der Waals surface area contributed by atoms with Crippen molar-refractivity contribution in [1.29, 1.82) is 0 Å². The molecular weight excluding hydrogens is 328 g/mol. The Kier molecular flexibility index (Phi) is 3.77. The molecule has 112 valence electrons. The van der Waals surface area contributed by atoms with E-state index in [1.54, 1.807) is 0 Å². The molecule has 0 bridgehead atoms. The molecular formula is C12H8N4O4S2. The Morgan fingerprint density at radius 3 is 2.77 bits per heavy atom. The van der Waals surface area contributed by atoms with Gasteiger partial charge in [-0.15, -0.1) is 5.10 Å². The first-order valence-electron chi connectivity index (χ1n) is 6.00. The van der Waals surface area contributed by atoms with E-state index in [-0.39, 0.29) is 4.96 Å². The molecule has 0 aliphatic heterocycles. The molecule has 2 aromatic heterocycles. The van der Waals surface area contributed by atoms with Crippen LogP contribution in [0.2, 0.25) is 0 Å². The number of aromatic nitrogens is 3. The van der Waals surface area contributed by atoms with E-state index >= 15 is 0 Å². The van der Waals surface area contributed by atoms with Crippen molar-refractivity contribution in [3.63, 3.8) is 0 Å². The van der Waals surface area contributed by atoms with Gasteiger partial charge < -0.3 is 5.11 Å². The maximum Gasteiger partial charge on any atom is 0.397 e. The van der Waals surface area contributed by atoms with Crippen LogP contribution in [0.25, 0.3) is 4.96 Å². The molecule has 0 unspecified atom stereocenters. The number of aromatic hydroxyl groups is 1. The van der Waals surface area contributed by atoms with Crippen LogP contribution in [0.5, 0.6) is 5.88 Å². The number of hydrogen-bond acceptors (Lipinski definition) is 8. The lowest BCUT2D eigenvalue weighted by molar-refractivity contribution is -0.387. The van der Waals surface area contributed by atoms with Crippen LogP contribution in [0, 0.1) is 10.1 Å². The standard InChI is InChI=1S/C12H8N4O4S2/c17-9-8(16(19)20)10(18)15-11(13-9)22-12(14-15)21-6-7-4-2-1-3-5-7/h1-5,18H,6H2. The number of hydrogen-bond donors (Lipinski definition) is 1. The highest BCUT2D eigenvalue weighted by atomic mass is 32.2. The van der Waals surface area contributed by atoms with E-state index in [0.717, 1.165) is 21.4 Å². The molecule has 8 nitrogen and oxygen atoms in total. The Morgan fingerprint density at radius 2 is 2.09 bits per heavy atom. The largest absolute Gasteiger partial charge is 0.488 e. The molecule has 0 aliphatic carbocycles. The second-order valence-electron chi connectivity index (χ2n) is 4.18. The minimum Gasteiger partial charge on any atom is -0.488 e. The topological polar surface area (TPSA) is 111 Å². The number of fused-ring (bicyclic) bond motifs is 1. The fourth-order valence-corrected chi connectivity index (χ4v) is 3.63. The summed E-state index contributed by atoms with van der Waals surface area (Å²) in [6.45, 7) is 0. The van der Waals surface area contributed by atoms with Gasteiger partial charge in [0, 0.05) is 5.75 Å². The van der Waals surface area contributed by atoms with Crippen LogP contribution in [0.1, 0.15) is 5.56 Å². The second-order valence-corrected chi connectivity index (χ2v) is 6.36. The Bertz CT molecular complexity index is 907. The van der Waals surface area contributed by atoms with E-state index in [4.69, 9.17) is 0 Å². The quantitative estimate of drug-likeness (QED) is 0.441. The molecule has 0 saturated heterocycles. The van der Waals surface area contributed by atoms with E-state index in [0.29, 0.717) is 10.1 Å². The number of nitrogens with zero attached hydrogens (tertiary/aromatic N) is 4. The third kappa shape index (κ3) is 2.65. The van der Waals surface area contributed by atoms with Gasteiger partial charge in [0.05, 0.1) is 4.92 Å². The predicted octanol–water partition coefficient (Wildman–Crippen LogP) is 2.06. The molecule has 0 atom stereocenters. The van der Waals surface area contributed by atoms with Gasteiger partial charge in [0.15, 0.2) is 4.34 Å². The van der Waals surface area contributed by atoms with Gasteiger partial charge in [0.1, 0.15) is 0 Å². The van der Waals surface area contributed by atoms with Crippen molar-refractivity contribution >= 4 is 33.7 Å². The van der Waals surface area contributed by atoms with Crippen molar-refractivity contribution in [2.75, 3.05) is 0 Å². The van der Waals surface area contributed by atoms with E-state index in [1.807, 2.05) is 30.3 Å². The summed E-state index contributed by atoms with van der Waals surface area (Å²) < 4.78 is 1.46. The third-order valence-corrected chi connectivity index (χ3v) is 4.85. The summed E-state index contributed by atoms with van der Waals surface area (Å²) in [5, 5.41) is 24.6. The van der Waals surface area contributed by atoms with Gasteiger partial charge in [-0.2, -0.15) is 9.50 Å². The minimum atomic E-state index is -1.08. The van der Waals surface area contributed by atoms with Gasteiger partial charge in [0.25, 0.3) is 0 Å². The Balaban J connectivity index is 1.95. The molecule has 0 amide bonds. The first-order valence-corrected chi connectivity index (χ1v) is 7.80. The smallest absolute Gasteiger partial charge is 0.397 e. The van der Waals surface area contributed by atoms with Crippen molar-refractivity contribution in [2.45, 2.75) is 10.1 Å². The average molecular weight is 336 g/mol. The van der Waals surface area contributed by atoms with Crippen LogP contribution in [0.3, 0.4) is 0 Å². The summed E-state index contributed by atoms with van der Waals surface area (Å²) in [5.74, 6) is -0.156. The van der Waals surface area contributed by atoms with Gasteiger partial charge in [-0.3, -0.25) is 14.9 Å². The van der Waals surface area contributed by atoms with E-state index < -0.39 is 22.0 Å². The lowest BCUT2D eigenvalue weighted by Crippen LogP contribution is -2.14. The molecule has 0 spiro atoms. The number of benzene rings is 1. The Hall–Kier alpha value is -2.46. The fraction of sp³-hybridized carbons (Fsp3) is 0.0833. The van der Waals surface area contributed by atoms with Crippen molar-refractivity contribution < 1.29 is 10.0 Å². The van der Waals surface area contributed by atoms with Crippen molar-refractivity contribution in [3.05, 3.63) is 56.4 Å². The van der Waals surface area contributed by atoms with Crippen LogP contribution < -0.4 is 5.56 Å². The summed E-state index contributed by atoms with van der Waals surface area (Å²) in [4.78, 5) is 25.0. The normalized spacial score (nSPS) is 10.9. The van der Waals surface area contributed by atoms with Gasteiger partial charge >= 0.3 is 17.1 Å². The molecule has 3 rings (SSSR count). The lowest BCUT2D eigenvalue weighted by Gasteiger charge is -1.97. The molecule has 0 aliphatic rings. The first-order chi connectivity index (χ1) is 10.6. The zero-order chi connectivity index (χ0) is 15.7. The van der Waals surface area contributed by atoms with Gasteiger partial charge in [-0.1, -0.05) is 53.4 Å². The molecule has 1 N–H and O–H groups in total. The molecule has 1 aromatic carbocycles. The Morgan fingerprint density at radius 1 is 1.36 bits per heavy atom. The van der Waals surface area contributed by atoms with Crippen LogP contribution in [-0.4, -0.2) is 24.6 Å². The predicted molar refractivity (Wildman–Crippen MR) is 81.5 cm³/mol. The Labute approximate surface area is 131 Å². The summed E-state index contributed by atoms with van der Waals surface area (Å²) in [5.41, 5.74) is -0.961. The monoisotopic (exact) mass is 336 g/mol. The molecule has 0 saturated carbocycles. The highest BCUT2D eigenvalue weighted by molar-refractivity contribution is 8.00. The van der Waals surface area contributed by atoms with Gasteiger partial charge in [0.2, 0.25) is 4.96 Å². The van der Waals surface area contributed by atoms with Crippen LogP contribution >= 0.6 is 23.1 Å². The zero-order valence-corrected chi connectivity index (χ0v) is 12.5. The maximum absolute atomic E-state index is 11.5. The molecule has 10 heteroatoms. The SMILES string of the molecule is O=c1nc2sc(SCc3ccccc3)nn2c(O)c1[N+](=O)[O-]. The number of nitro groups is 1. The maximum atomic E-state index is 11.5. The summed E-state index contributed by atoms with van der Waals surface area (Å²) >= 11 is 2.48. The minimum absolute atomic E-state index is 0.115. The second kappa shape index (κ2) is 5.73. The van der Waals surface area contributed by atoms with Crippen molar-refractivity contribution in [1.82, 2.24) is 14.6 Å². The highest BCUT2D eigenvalue weighted by Crippen LogP contribution is 2.30. The average Bonchev–Trinajstić information content (AvgIpc) is 2.89. The molecule has 0 radical (unpaired) electrons. The molecule has 22 heavy (non-hydrogen) atoms. The molecule has 0 fully saturated rings. The van der Waals surface area contributed by atoms with Crippen LogP contribution in [0.15, 0.2) is 39.5 Å². The zero-order valence-electron chi connectivity index (χ0n) is 10.9. The molecule has 2 heterocycles. The van der Waals surface area contributed by atoms with Gasteiger partial charge in [-0.25, -0.2) is 0 Å². The third-order valence-electron chi connectivity index (χ3n) is 2.74.